The number of nitrogens with one attached hydrogen (secondary N) is 1. The quantitative estimate of drug-likeness (QED) is 0.390. The Morgan fingerprint density at radius 3 is 1.61 bits per heavy atom. The number of nitrogens with zero attached hydrogens (tertiary/aromatic N) is 2. The number of ether oxygens (including phenoxy) is 4. The molecule has 4 aliphatic heterocycles. The van der Waals surface area contributed by atoms with Crippen molar-refractivity contribution in [2.75, 3.05) is 75.5 Å². The molecule has 3 N–H and O–H groups in total. The van der Waals surface area contributed by atoms with Gasteiger partial charge in [0.1, 0.15) is 0 Å². The summed E-state index contributed by atoms with van der Waals surface area (Å²) in [4.78, 5) is 4.78. The molecule has 4 fully saturated rings. The molecule has 4 aliphatic rings. The molecule has 0 bridgehead atoms. The second kappa shape index (κ2) is 20.9. The highest BCUT2D eigenvalue weighted by Gasteiger charge is 2.18. The summed E-state index contributed by atoms with van der Waals surface area (Å²) < 4.78 is 21.6. The third kappa shape index (κ3) is 14.3. The monoisotopic (exact) mass is 640 g/mol. The van der Waals surface area contributed by atoms with Crippen LogP contribution in [0.1, 0.15) is 90.8 Å². The minimum Gasteiger partial charge on any atom is -0.379 e. The highest BCUT2D eigenvalue weighted by molar-refractivity contribution is 5.50. The number of anilines is 2. The molecule has 2 aromatic carbocycles. The van der Waals surface area contributed by atoms with Gasteiger partial charge in [0, 0.05) is 63.3 Å². The van der Waals surface area contributed by atoms with E-state index in [1.165, 1.54) is 41.8 Å². The summed E-state index contributed by atoms with van der Waals surface area (Å²) in [5.74, 6) is 0.596. The Kier molecular flexibility index (Phi) is 17.4. The highest BCUT2D eigenvalue weighted by Crippen LogP contribution is 2.24. The van der Waals surface area contributed by atoms with Gasteiger partial charge in [-0.15, -0.1) is 0 Å². The molecule has 5 atom stereocenters. The molecule has 2 aromatic rings. The van der Waals surface area contributed by atoms with E-state index in [0.717, 1.165) is 65.7 Å². The van der Waals surface area contributed by atoms with Crippen molar-refractivity contribution in [2.45, 2.75) is 104 Å². The predicted molar refractivity (Wildman–Crippen MR) is 192 cm³/mol. The standard InChI is InChI=1S/C14H21NO.C13H20N2O.C6H12O.C5H11NO/c1-11(2)13-5-4-6-14(9-13)15-7-8-16-12(3)10-15;1-10-9-15(6-7-16-10)13-5-3-4-12(8-13)11(2)14;1-6-4-2-3-5-7-6;1-5-4-6-2-3-7-5/h4-6,9,11-12H,7-8,10H2,1-3H3;3-5,8,10-11H,6-7,9,14H2,1-2H3;6H,2-5H2,1H3;5-6H,2-4H2,1H3/t;10?,11-;;/m.0../s1. The van der Waals surface area contributed by atoms with Crippen LogP contribution in [0.15, 0.2) is 48.5 Å². The minimum atomic E-state index is 0.0958. The average Bonchev–Trinajstić information content (AvgIpc) is 3.06. The normalized spacial score (nSPS) is 25.6. The molecule has 8 heteroatoms. The van der Waals surface area contributed by atoms with Crippen molar-refractivity contribution in [2.24, 2.45) is 5.73 Å². The number of benzene rings is 2. The Morgan fingerprint density at radius 1 is 0.674 bits per heavy atom. The first-order chi connectivity index (χ1) is 22.1. The van der Waals surface area contributed by atoms with Gasteiger partial charge >= 0.3 is 0 Å². The van der Waals surface area contributed by atoms with Gasteiger partial charge in [-0.25, -0.2) is 0 Å². The number of nitrogens with two attached hydrogens (primary N) is 1. The molecular formula is C38H64N4O4. The fourth-order valence-electron chi connectivity index (χ4n) is 5.79. The van der Waals surface area contributed by atoms with Gasteiger partial charge in [0.2, 0.25) is 0 Å². The summed E-state index contributed by atoms with van der Waals surface area (Å²) in [6.07, 6.45) is 5.51. The molecule has 0 spiro atoms. The molecule has 0 aliphatic carbocycles. The number of hydrogen-bond donors (Lipinski definition) is 2. The second-order valence-electron chi connectivity index (χ2n) is 13.5. The first-order valence-corrected chi connectivity index (χ1v) is 17.7. The lowest BCUT2D eigenvalue weighted by Crippen LogP contribution is -2.41. The topological polar surface area (TPSA) is 81.5 Å². The maximum Gasteiger partial charge on any atom is 0.0722 e. The Balaban J connectivity index is 0.000000179. The number of morpholine rings is 3. The molecule has 4 heterocycles. The molecule has 4 unspecified atom stereocenters. The van der Waals surface area contributed by atoms with Gasteiger partial charge in [0.25, 0.3) is 0 Å². The lowest BCUT2D eigenvalue weighted by atomic mass is 10.0. The predicted octanol–water partition coefficient (Wildman–Crippen LogP) is 6.54. The lowest BCUT2D eigenvalue weighted by Gasteiger charge is -2.33. The van der Waals surface area contributed by atoms with Crippen LogP contribution in [0.2, 0.25) is 0 Å². The van der Waals surface area contributed by atoms with E-state index in [-0.39, 0.29) is 6.04 Å². The van der Waals surface area contributed by atoms with Crippen molar-refractivity contribution < 1.29 is 18.9 Å². The Hall–Kier alpha value is -2.20. The molecule has 8 nitrogen and oxygen atoms in total. The van der Waals surface area contributed by atoms with Gasteiger partial charge in [-0.05, 0) is 95.2 Å². The van der Waals surface area contributed by atoms with Crippen LogP contribution in [-0.4, -0.2) is 90.1 Å². The van der Waals surface area contributed by atoms with Crippen molar-refractivity contribution in [1.82, 2.24) is 5.32 Å². The zero-order chi connectivity index (χ0) is 33.3. The summed E-state index contributed by atoms with van der Waals surface area (Å²) in [5.41, 5.74) is 11.1. The number of rotatable bonds is 4. The van der Waals surface area contributed by atoms with E-state index in [1.54, 1.807) is 0 Å². The Morgan fingerprint density at radius 2 is 1.22 bits per heavy atom. The van der Waals surface area contributed by atoms with Gasteiger partial charge < -0.3 is 39.8 Å². The third-order valence-corrected chi connectivity index (χ3v) is 8.67. The van der Waals surface area contributed by atoms with E-state index in [0.29, 0.717) is 30.3 Å². The van der Waals surface area contributed by atoms with Crippen LogP contribution >= 0.6 is 0 Å². The van der Waals surface area contributed by atoms with Gasteiger partial charge in [0.15, 0.2) is 0 Å². The third-order valence-electron chi connectivity index (χ3n) is 8.67. The molecule has 4 saturated heterocycles. The zero-order valence-corrected chi connectivity index (χ0v) is 29.9. The van der Waals surface area contributed by atoms with Gasteiger partial charge in [-0.2, -0.15) is 0 Å². The van der Waals surface area contributed by atoms with E-state index in [1.807, 2.05) is 6.92 Å². The SMILES string of the molecule is CC1CCCCO1.CC1CN(c2cccc(C(C)C)c2)CCO1.CC1CN(c2cccc([C@H](C)N)c2)CCO1.CC1CNCCO1. The molecular weight excluding hydrogens is 576 g/mol. The maximum absolute atomic E-state index is 5.90. The van der Waals surface area contributed by atoms with E-state index in [2.05, 4.69) is 105 Å². The Labute approximate surface area is 280 Å². The molecule has 6 rings (SSSR count). The van der Waals surface area contributed by atoms with Crippen LogP contribution in [-0.2, 0) is 18.9 Å². The maximum atomic E-state index is 5.90. The van der Waals surface area contributed by atoms with Gasteiger partial charge in [-0.3, -0.25) is 0 Å². The van der Waals surface area contributed by atoms with E-state index in [9.17, 15) is 0 Å². The average molecular weight is 641 g/mol. The Bertz CT molecular complexity index is 1000. The van der Waals surface area contributed by atoms with Crippen LogP contribution < -0.4 is 20.9 Å². The fraction of sp³-hybridized carbons (Fsp3) is 0.684. The molecule has 0 saturated carbocycles. The largest absolute Gasteiger partial charge is 0.379 e. The summed E-state index contributed by atoms with van der Waals surface area (Å²) in [6.45, 7) is 24.4. The summed E-state index contributed by atoms with van der Waals surface area (Å²) in [7, 11) is 0. The summed E-state index contributed by atoms with van der Waals surface area (Å²) in [5, 5.41) is 3.21. The highest BCUT2D eigenvalue weighted by atomic mass is 16.5. The summed E-state index contributed by atoms with van der Waals surface area (Å²) >= 11 is 0. The van der Waals surface area contributed by atoms with Crippen LogP contribution in [0.5, 0.6) is 0 Å². The van der Waals surface area contributed by atoms with Crippen LogP contribution in [0.25, 0.3) is 0 Å². The fourth-order valence-corrected chi connectivity index (χ4v) is 5.79. The molecule has 260 valence electrons. The second-order valence-corrected chi connectivity index (χ2v) is 13.5. The van der Waals surface area contributed by atoms with E-state index >= 15 is 0 Å². The van der Waals surface area contributed by atoms with Crippen LogP contribution in [0.3, 0.4) is 0 Å². The first-order valence-electron chi connectivity index (χ1n) is 17.7. The lowest BCUT2D eigenvalue weighted by molar-refractivity contribution is 0.0285. The van der Waals surface area contributed by atoms with Crippen molar-refractivity contribution >= 4 is 11.4 Å². The molecule has 46 heavy (non-hydrogen) atoms. The van der Waals surface area contributed by atoms with Gasteiger partial charge in [0.05, 0.1) is 44.2 Å². The number of hydrogen-bond acceptors (Lipinski definition) is 8. The molecule has 0 amide bonds. The van der Waals surface area contributed by atoms with E-state index < -0.39 is 0 Å². The van der Waals surface area contributed by atoms with Crippen molar-refractivity contribution in [3.63, 3.8) is 0 Å². The first kappa shape index (κ1) is 38.2. The van der Waals surface area contributed by atoms with Crippen molar-refractivity contribution in [3.05, 3.63) is 59.7 Å². The van der Waals surface area contributed by atoms with Crippen LogP contribution in [0.4, 0.5) is 11.4 Å². The summed E-state index contributed by atoms with van der Waals surface area (Å²) in [6, 6.07) is 17.5. The van der Waals surface area contributed by atoms with Crippen LogP contribution in [0, 0.1) is 0 Å². The zero-order valence-electron chi connectivity index (χ0n) is 29.9. The van der Waals surface area contributed by atoms with Crippen molar-refractivity contribution in [1.29, 1.82) is 0 Å². The molecule has 0 aromatic heterocycles. The van der Waals surface area contributed by atoms with Gasteiger partial charge in [-0.1, -0.05) is 38.1 Å². The minimum absolute atomic E-state index is 0.0958. The molecule has 0 radical (unpaired) electrons. The van der Waals surface area contributed by atoms with E-state index in [4.69, 9.17) is 24.7 Å². The smallest absolute Gasteiger partial charge is 0.0722 e. The van der Waals surface area contributed by atoms with Crippen molar-refractivity contribution in [3.8, 4) is 0 Å².